The lowest BCUT2D eigenvalue weighted by Crippen LogP contribution is -2.54. The number of benzene rings is 1. The molecule has 3 heterocycles. The minimum Gasteiger partial charge on any atom is -0.348 e. The molecule has 0 saturated carbocycles. The summed E-state index contributed by atoms with van der Waals surface area (Å²) < 4.78 is 0. The molecule has 0 unspecified atom stereocenters. The van der Waals surface area contributed by atoms with Crippen LogP contribution in [0.2, 0.25) is 0 Å². The van der Waals surface area contributed by atoms with E-state index >= 15 is 0 Å². The predicted molar refractivity (Wildman–Crippen MR) is 128 cm³/mol. The van der Waals surface area contributed by atoms with Crippen LogP contribution in [-0.2, 0) is 22.4 Å². The number of hydrogen-bond donors (Lipinski definition) is 0. The molecular formula is C26H29N3O2S. The fraction of sp³-hybridized carbons (Fsp3) is 0.346. The van der Waals surface area contributed by atoms with Gasteiger partial charge in [0.15, 0.2) is 0 Å². The summed E-state index contributed by atoms with van der Waals surface area (Å²) in [4.78, 5) is 35.5. The van der Waals surface area contributed by atoms with Crippen molar-refractivity contribution in [1.29, 1.82) is 0 Å². The third-order valence-electron chi connectivity index (χ3n) is 6.20. The van der Waals surface area contributed by atoms with Crippen molar-refractivity contribution in [1.82, 2.24) is 14.8 Å². The summed E-state index contributed by atoms with van der Waals surface area (Å²) in [7, 11) is 3.62. The van der Waals surface area contributed by atoms with Gasteiger partial charge in [-0.2, -0.15) is 0 Å². The molecule has 6 heteroatoms. The van der Waals surface area contributed by atoms with Gasteiger partial charge in [0.2, 0.25) is 11.8 Å². The third kappa shape index (κ3) is 4.75. The topological polar surface area (TPSA) is 53.5 Å². The Labute approximate surface area is 193 Å². The monoisotopic (exact) mass is 447 g/mol. The highest BCUT2D eigenvalue weighted by Crippen LogP contribution is 2.39. The SMILES string of the molecule is CN(C)C(=O)[C@@]1(Cc2ccccc2-c2cccs2)CCCN(C(=O)Cc2cccnc2)C1. The van der Waals surface area contributed by atoms with Crippen LogP contribution >= 0.6 is 11.3 Å². The Balaban J connectivity index is 1.63. The van der Waals surface area contributed by atoms with Crippen LogP contribution in [0, 0.1) is 5.41 Å². The van der Waals surface area contributed by atoms with Crippen molar-refractivity contribution in [2.45, 2.75) is 25.7 Å². The van der Waals surface area contributed by atoms with E-state index in [0.29, 0.717) is 25.9 Å². The Bertz CT molecular complexity index is 1070. The van der Waals surface area contributed by atoms with Crippen molar-refractivity contribution in [3.63, 3.8) is 0 Å². The van der Waals surface area contributed by atoms with Crippen molar-refractivity contribution in [3.8, 4) is 10.4 Å². The second-order valence-electron chi connectivity index (χ2n) is 8.75. The lowest BCUT2D eigenvalue weighted by molar-refractivity contribution is -0.147. The molecule has 0 aliphatic carbocycles. The van der Waals surface area contributed by atoms with E-state index in [9.17, 15) is 9.59 Å². The van der Waals surface area contributed by atoms with E-state index in [1.165, 1.54) is 10.4 Å². The second kappa shape index (κ2) is 9.65. The summed E-state index contributed by atoms with van der Waals surface area (Å²) in [5, 5.41) is 2.08. The minimum absolute atomic E-state index is 0.0557. The first kappa shape index (κ1) is 22.2. The molecule has 1 atom stereocenters. The van der Waals surface area contributed by atoms with Crippen LogP contribution in [-0.4, -0.2) is 53.8 Å². The van der Waals surface area contributed by atoms with Crippen LogP contribution in [0.3, 0.4) is 0 Å². The van der Waals surface area contributed by atoms with Gasteiger partial charge in [-0.1, -0.05) is 36.4 Å². The van der Waals surface area contributed by atoms with Gasteiger partial charge in [-0.05, 0) is 53.5 Å². The fourth-order valence-electron chi connectivity index (χ4n) is 4.71. The van der Waals surface area contributed by atoms with E-state index in [1.807, 2.05) is 43.3 Å². The highest BCUT2D eigenvalue weighted by Gasteiger charge is 2.44. The van der Waals surface area contributed by atoms with Gasteiger partial charge in [0.1, 0.15) is 0 Å². The number of thiophene rings is 1. The molecule has 32 heavy (non-hydrogen) atoms. The van der Waals surface area contributed by atoms with Gasteiger partial charge in [-0.25, -0.2) is 0 Å². The first-order valence-corrected chi connectivity index (χ1v) is 11.9. The Kier molecular flexibility index (Phi) is 6.70. The first-order chi connectivity index (χ1) is 15.5. The normalized spacial score (nSPS) is 18.4. The van der Waals surface area contributed by atoms with Gasteiger partial charge >= 0.3 is 0 Å². The summed E-state index contributed by atoms with van der Waals surface area (Å²) in [5.74, 6) is 0.150. The predicted octanol–water partition coefficient (Wildman–Crippen LogP) is 4.29. The maximum absolute atomic E-state index is 13.5. The van der Waals surface area contributed by atoms with E-state index < -0.39 is 5.41 Å². The van der Waals surface area contributed by atoms with Crippen molar-refractivity contribution in [3.05, 3.63) is 77.4 Å². The number of carbonyl (C=O) groups is 2. The number of pyridine rings is 1. The highest BCUT2D eigenvalue weighted by molar-refractivity contribution is 7.13. The van der Waals surface area contributed by atoms with Gasteiger partial charge in [0.25, 0.3) is 0 Å². The number of hydrogen-bond acceptors (Lipinski definition) is 4. The lowest BCUT2D eigenvalue weighted by Gasteiger charge is -2.43. The summed E-state index contributed by atoms with van der Waals surface area (Å²) in [5.41, 5.74) is 2.61. The van der Waals surface area contributed by atoms with Crippen LogP contribution < -0.4 is 0 Å². The largest absolute Gasteiger partial charge is 0.348 e. The smallest absolute Gasteiger partial charge is 0.230 e. The molecule has 0 spiro atoms. The maximum atomic E-state index is 13.5. The van der Waals surface area contributed by atoms with Crippen LogP contribution in [0.15, 0.2) is 66.3 Å². The van der Waals surface area contributed by atoms with Gasteiger partial charge < -0.3 is 9.80 Å². The average Bonchev–Trinajstić information content (AvgIpc) is 3.34. The lowest BCUT2D eigenvalue weighted by atomic mass is 9.73. The second-order valence-corrected chi connectivity index (χ2v) is 9.70. The van der Waals surface area contributed by atoms with E-state index in [0.717, 1.165) is 24.0 Å². The first-order valence-electron chi connectivity index (χ1n) is 11.0. The van der Waals surface area contributed by atoms with Crippen LogP contribution in [0.5, 0.6) is 0 Å². The summed E-state index contributed by atoms with van der Waals surface area (Å²) >= 11 is 1.71. The zero-order chi connectivity index (χ0) is 22.6. The molecular weight excluding hydrogens is 418 g/mol. The number of carbonyl (C=O) groups excluding carboxylic acids is 2. The number of rotatable bonds is 6. The molecule has 5 nitrogen and oxygen atoms in total. The number of aromatic nitrogens is 1. The van der Waals surface area contributed by atoms with E-state index in [1.54, 1.807) is 28.6 Å². The van der Waals surface area contributed by atoms with E-state index in [4.69, 9.17) is 0 Å². The van der Waals surface area contributed by atoms with Crippen LogP contribution in [0.4, 0.5) is 0 Å². The van der Waals surface area contributed by atoms with E-state index in [-0.39, 0.29) is 11.8 Å². The van der Waals surface area contributed by atoms with Crippen LogP contribution in [0.1, 0.15) is 24.0 Å². The summed E-state index contributed by atoms with van der Waals surface area (Å²) in [6, 6.07) is 16.3. The Morgan fingerprint density at radius 1 is 1.12 bits per heavy atom. The van der Waals surface area contributed by atoms with Crippen molar-refractivity contribution < 1.29 is 9.59 Å². The quantitative estimate of drug-likeness (QED) is 0.566. The molecule has 2 amide bonds. The Morgan fingerprint density at radius 2 is 1.97 bits per heavy atom. The van der Waals surface area contributed by atoms with Crippen molar-refractivity contribution in [2.24, 2.45) is 5.41 Å². The third-order valence-corrected chi connectivity index (χ3v) is 7.10. The molecule has 1 fully saturated rings. The molecule has 0 radical (unpaired) electrons. The molecule has 4 rings (SSSR count). The molecule has 3 aromatic rings. The Hall–Kier alpha value is -2.99. The zero-order valence-electron chi connectivity index (χ0n) is 18.7. The number of nitrogens with zero attached hydrogens (tertiary/aromatic N) is 3. The van der Waals surface area contributed by atoms with Gasteiger partial charge in [0, 0.05) is 44.5 Å². The molecule has 166 valence electrons. The molecule has 0 bridgehead atoms. The molecule has 1 aliphatic heterocycles. The fourth-order valence-corrected chi connectivity index (χ4v) is 5.50. The van der Waals surface area contributed by atoms with Crippen molar-refractivity contribution in [2.75, 3.05) is 27.2 Å². The molecule has 2 aromatic heterocycles. The molecule has 1 aromatic carbocycles. The van der Waals surface area contributed by atoms with Gasteiger partial charge in [-0.15, -0.1) is 11.3 Å². The number of piperidine rings is 1. The number of amides is 2. The average molecular weight is 448 g/mol. The van der Waals surface area contributed by atoms with Crippen LogP contribution in [0.25, 0.3) is 10.4 Å². The highest BCUT2D eigenvalue weighted by atomic mass is 32.1. The molecule has 0 N–H and O–H groups in total. The van der Waals surface area contributed by atoms with E-state index in [2.05, 4.69) is 34.6 Å². The van der Waals surface area contributed by atoms with Gasteiger partial charge in [0.05, 0.1) is 11.8 Å². The summed E-state index contributed by atoms with van der Waals surface area (Å²) in [6.07, 6.45) is 5.97. The van der Waals surface area contributed by atoms with Gasteiger partial charge in [-0.3, -0.25) is 14.6 Å². The molecule has 1 saturated heterocycles. The number of likely N-dealkylation sites (tertiary alicyclic amines) is 1. The minimum atomic E-state index is -0.625. The zero-order valence-corrected chi connectivity index (χ0v) is 19.5. The van der Waals surface area contributed by atoms with Crippen molar-refractivity contribution >= 4 is 23.2 Å². The summed E-state index contributed by atoms with van der Waals surface area (Å²) in [6.45, 7) is 1.13. The molecule has 1 aliphatic rings. The standard InChI is InChI=1S/C26H29N3O2S/c1-28(2)25(31)26(17-21-9-3-4-10-22(21)23-11-6-15-32-23)12-7-14-29(19-26)24(30)16-20-8-5-13-27-18-20/h3-6,8-11,13,15,18H,7,12,14,16-17,19H2,1-2H3/t26-/m1/s1. The maximum Gasteiger partial charge on any atom is 0.230 e. The Morgan fingerprint density at radius 3 is 2.69 bits per heavy atom.